The third-order valence-electron chi connectivity index (χ3n) is 3.23. The first-order valence-electron chi connectivity index (χ1n) is 6.08. The second-order valence-corrected chi connectivity index (χ2v) is 4.78. The van der Waals surface area contributed by atoms with Gasteiger partial charge in [-0.15, -0.1) is 0 Å². The number of benzene rings is 1. The van der Waals surface area contributed by atoms with Gasteiger partial charge in [0, 0.05) is 23.6 Å². The number of nitrogens with two attached hydrogens (primary N) is 1. The lowest BCUT2D eigenvalue weighted by Gasteiger charge is -2.22. The van der Waals surface area contributed by atoms with Crippen LogP contribution in [0.5, 0.6) is 0 Å². The highest BCUT2D eigenvalue weighted by atomic mass is 15.2. The SMILES string of the molecule is C=C(N)c1cccc(N2CCCC2=C(C)C)c1. The van der Waals surface area contributed by atoms with Crippen LogP contribution in [-0.4, -0.2) is 6.54 Å². The number of hydrogen-bond donors (Lipinski definition) is 1. The first-order valence-corrected chi connectivity index (χ1v) is 6.08. The molecule has 1 fully saturated rings. The summed E-state index contributed by atoms with van der Waals surface area (Å²) in [6, 6.07) is 8.31. The monoisotopic (exact) mass is 228 g/mol. The molecule has 0 saturated carbocycles. The minimum atomic E-state index is 0.629. The minimum absolute atomic E-state index is 0.629. The van der Waals surface area contributed by atoms with Gasteiger partial charge in [0.05, 0.1) is 0 Å². The summed E-state index contributed by atoms with van der Waals surface area (Å²) >= 11 is 0. The second-order valence-electron chi connectivity index (χ2n) is 4.78. The number of allylic oxidation sites excluding steroid dienone is 2. The van der Waals surface area contributed by atoms with Crippen LogP contribution in [0, 0.1) is 0 Å². The first-order chi connectivity index (χ1) is 8.09. The van der Waals surface area contributed by atoms with Crippen LogP contribution < -0.4 is 10.6 Å². The Kier molecular flexibility index (Phi) is 3.23. The van der Waals surface area contributed by atoms with E-state index in [1.165, 1.54) is 29.8 Å². The van der Waals surface area contributed by atoms with Crippen molar-refractivity contribution in [3.05, 3.63) is 47.7 Å². The summed E-state index contributed by atoms with van der Waals surface area (Å²) in [4.78, 5) is 2.39. The van der Waals surface area contributed by atoms with Crippen molar-refractivity contribution in [3.8, 4) is 0 Å². The number of anilines is 1. The summed E-state index contributed by atoms with van der Waals surface area (Å²) in [5.41, 5.74) is 11.5. The Labute approximate surface area is 103 Å². The van der Waals surface area contributed by atoms with Crippen LogP contribution in [-0.2, 0) is 0 Å². The highest BCUT2D eigenvalue weighted by Gasteiger charge is 2.19. The van der Waals surface area contributed by atoms with E-state index in [1.54, 1.807) is 0 Å². The average molecular weight is 228 g/mol. The van der Waals surface area contributed by atoms with E-state index in [-0.39, 0.29) is 0 Å². The lowest BCUT2D eigenvalue weighted by molar-refractivity contribution is 0.956. The predicted molar refractivity (Wildman–Crippen MR) is 74.6 cm³/mol. The molecular formula is C15H20N2. The van der Waals surface area contributed by atoms with Crippen LogP contribution in [0.4, 0.5) is 5.69 Å². The van der Waals surface area contributed by atoms with E-state index in [4.69, 9.17) is 5.73 Å². The minimum Gasteiger partial charge on any atom is -0.399 e. The molecule has 1 aromatic rings. The van der Waals surface area contributed by atoms with Crippen molar-refractivity contribution in [1.82, 2.24) is 0 Å². The molecule has 17 heavy (non-hydrogen) atoms. The van der Waals surface area contributed by atoms with Crippen molar-refractivity contribution in [2.75, 3.05) is 11.4 Å². The lowest BCUT2D eigenvalue weighted by atomic mass is 10.1. The predicted octanol–water partition coefficient (Wildman–Crippen LogP) is 3.51. The van der Waals surface area contributed by atoms with Gasteiger partial charge in [-0.2, -0.15) is 0 Å². The zero-order valence-electron chi connectivity index (χ0n) is 10.7. The summed E-state index contributed by atoms with van der Waals surface area (Å²) in [6.45, 7) is 9.25. The van der Waals surface area contributed by atoms with Crippen LogP contribution in [0.25, 0.3) is 5.70 Å². The van der Waals surface area contributed by atoms with Gasteiger partial charge in [0.25, 0.3) is 0 Å². The quantitative estimate of drug-likeness (QED) is 0.839. The fourth-order valence-electron chi connectivity index (χ4n) is 2.35. The molecule has 90 valence electrons. The van der Waals surface area contributed by atoms with E-state index in [0.717, 1.165) is 12.1 Å². The Morgan fingerprint density at radius 2 is 2.12 bits per heavy atom. The van der Waals surface area contributed by atoms with E-state index in [2.05, 4.69) is 37.5 Å². The highest BCUT2D eigenvalue weighted by molar-refractivity contribution is 5.66. The lowest BCUT2D eigenvalue weighted by Crippen LogP contribution is -2.17. The van der Waals surface area contributed by atoms with E-state index >= 15 is 0 Å². The van der Waals surface area contributed by atoms with Crippen molar-refractivity contribution >= 4 is 11.4 Å². The van der Waals surface area contributed by atoms with Crippen molar-refractivity contribution < 1.29 is 0 Å². The normalized spacial score (nSPS) is 15.2. The molecule has 1 heterocycles. The van der Waals surface area contributed by atoms with Crippen LogP contribution in [0.2, 0.25) is 0 Å². The van der Waals surface area contributed by atoms with Gasteiger partial charge in [0.15, 0.2) is 0 Å². The molecule has 1 saturated heterocycles. The van der Waals surface area contributed by atoms with Gasteiger partial charge in [-0.1, -0.05) is 24.3 Å². The molecule has 0 radical (unpaired) electrons. The molecule has 0 aliphatic carbocycles. The van der Waals surface area contributed by atoms with Gasteiger partial charge < -0.3 is 10.6 Å². The molecule has 0 bridgehead atoms. The van der Waals surface area contributed by atoms with Gasteiger partial charge in [0.1, 0.15) is 0 Å². The van der Waals surface area contributed by atoms with Gasteiger partial charge in [-0.25, -0.2) is 0 Å². The fourth-order valence-corrected chi connectivity index (χ4v) is 2.35. The number of hydrogen-bond acceptors (Lipinski definition) is 2. The van der Waals surface area contributed by atoms with E-state index in [9.17, 15) is 0 Å². The highest BCUT2D eigenvalue weighted by Crippen LogP contribution is 2.31. The number of rotatable bonds is 2. The number of nitrogens with zero attached hydrogens (tertiary/aromatic N) is 1. The van der Waals surface area contributed by atoms with Crippen LogP contribution in [0.15, 0.2) is 42.1 Å². The molecule has 2 nitrogen and oxygen atoms in total. The van der Waals surface area contributed by atoms with Gasteiger partial charge >= 0.3 is 0 Å². The standard InChI is InChI=1S/C15H20N2/c1-11(2)15-8-5-9-17(15)14-7-4-6-13(10-14)12(3)16/h4,6-7,10H,3,5,8-9,16H2,1-2H3. The maximum Gasteiger partial charge on any atom is 0.0414 e. The molecule has 0 amide bonds. The van der Waals surface area contributed by atoms with Gasteiger partial charge in [-0.05, 0) is 44.4 Å². The van der Waals surface area contributed by atoms with Gasteiger partial charge in [0.2, 0.25) is 0 Å². The summed E-state index contributed by atoms with van der Waals surface area (Å²) < 4.78 is 0. The Morgan fingerprint density at radius 3 is 2.76 bits per heavy atom. The van der Waals surface area contributed by atoms with Crippen molar-refractivity contribution in [2.45, 2.75) is 26.7 Å². The first kappa shape index (κ1) is 11.8. The molecule has 0 spiro atoms. The van der Waals surface area contributed by atoms with Crippen LogP contribution in [0.1, 0.15) is 32.3 Å². The summed E-state index contributed by atoms with van der Waals surface area (Å²) in [5.74, 6) is 0. The third kappa shape index (κ3) is 2.36. The zero-order chi connectivity index (χ0) is 12.4. The van der Waals surface area contributed by atoms with Gasteiger partial charge in [-0.3, -0.25) is 0 Å². The van der Waals surface area contributed by atoms with E-state index in [1.807, 2.05) is 12.1 Å². The summed E-state index contributed by atoms with van der Waals surface area (Å²) in [7, 11) is 0. The Hall–Kier alpha value is -1.70. The van der Waals surface area contributed by atoms with Crippen LogP contribution >= 0.6 is 0 Å². The fraction of sp³-hybridized carbons (Fsp3) is 0.333. The zero-order valence-corrected chi connectivity index (χ0v) is 10.7. The molecule has 2 rings (SSSR count). The molecule has 0 atom stereocenters. The van der Waals surface area contributed by atoms with Crippen LogP contribution in [0.3, 0.4) is 0 Å². The van der Waals surface area contributed by atoms with Crippen molar-refractivity contribution in [1.29, 1.82) is 0 Å². The summed E-state index contributed by atoms with van der Waals surface area (Å²) in [5, 5.41) is 0. The molecule has 1 aliphatic heterocycles. The van der Waals surface area contributed by atoms with Crippen molar-refractivity contribution in [2.24, 2.45) is 5.73 Å². The molecule has 2 heteroatoms. The summed E-state index contributed by atoms with van der Waals surface area (Å²) in [6.07, 6.45) is 2.41. The average Bonchev–Trinajstić information content (AvgIpc) is 2.78. The van der Waals surface area contributed by atoms with Crippen molar-refractivity contribution in [3.63, 3.8) is 0 Å². The molecule has 0 aromatic heterocycles. The molecule has 0 unspecified atom stereocenters. The second kappa shape index (κ2) is 4.66. The molecule has 2 N–H and O–H groups in total. The molecule has 1 aromatic carbocycles. The largest absolute Gasteiger partial charge is 0.399 e. The van der Waals surface area contributed by atoms with E-state index < -0.39 is 0 Å². The topological polar surface area (TPSA) is 29.3 Å². The maximum absolute atomic E-state index is 5.75. The smallest absolute Gasteiger partial charge is 0.0414 e. The van der Waals surface area contributed by atoms with E-state index in [0.29, 0.717) is 5.70 Å². The Morgan fingerprint density at radius 1 is 1.35 bits per heavy atom. The third-order valence-corrected chi connectivity index (χ3v) is 3.23. The Bertz CT molecular complexity index is 468. The molecule has 1 aliphatic rings. The molecular weight excluding hydrogens is 208 g/mol. The Balaban J connectivity index is 2.37. The maximum atomic E-state index is 5.75.